The standard InChI is InChI=1S/C37H76N2O8Si2/c1-35(2,3)45-34(44)38(10)26-21-27-39(28-30(22-17-15-19-24-32(40)41)46-48(11,12)36(4,5)6)29-31(23-18-16-20-25-33(42)43)47-49(13,14)37(7,8)9/h30-31H,15-29H2,1-14H3,(H,40,41)(H,42,43). The minimum absolute atomic E-state index is 0.0154. The lowest BCUT2D eigenvalue weighted by atomic mass is 10.1. The number of carbonyl (C=O) groups is 3. The summed E-state index contributed by atoms with van der Waals surface area (Å²) in [7, 11) is -2.45. The first-order valence-electron chi connectivity index (χ1n) is 18.6. The van der Waals surface area contributed by atoms with Crippen LogP contribution in [0.25, 0.3) is 0 Å². The number of ether oxygens (including phenoxy) is 1. The zero-order valence-corrected chi connectivity index (χ0v) is 36.0. The molecule has 0 aliphatic carbocycles. The van der Waals surface area contributed by atoms with E-state index in [2.05, 4.69) is 72.6 Å². The van der Waals surface area contributed by atoms with Gasteiger partial charge in [-0.1, -0.05) is 67.2 Å². The molecule has 0 fully saturated rings. The number of unbranched alkanes of at least 4 members (excludes halogenated alkanes) is 4. The Morgan fingerprint density at radius 1 is 0.612 bits per heavy atom. The summed E-state index contributed by atoms with van der Waals surface area (Å²) in [6.45, 7) is 31.0. The van der Waals surface area contributed by atoms with Crippen LogP contribution in [0.2, 0.25) is 36.3 Å². The first-order chi connectivity index (χ1) is 22.2. The van der Waals surface area contributed by atoms with Crippen LogP contribution in [0.1, 0.15) is 133 Å². The van der Waals surface area contributed by atoms with Crippen molar-refractivity contribution in [1.29, 1.82) is 0 Å². The summed E-state index contributed by atoms with van der Waals surface area (Å²) in [6.07, 6.45) is 7.27. The molecule has 290 valence electrons. The van der Waals surface area contributed by atoms with Crippen LogP contribution in [0, 0.1) is 0 Å². The summed E-state index contributed by atoms with van der Waals surface area (Å²) < 4.78 is 19.7. The van der Waals surface area contributed by atoms with Crippen molar-refractivity contribution >= 4 is 34.7 Å². The van der Waals surface area contributed by atoms with Crippen molar-refractivity contribution in [2.75, 3.05) is 33.2 Å². The van der Waals surface area contributed by atoms with Gasteiger partial charge in [0.15, 0.2) is 16.6 Å². The molecule has 1 amide bonds. The number of rotatable bonds is 24. The predicted octanol–water partition coefficient (Wildman–Crippen LogP) is 9.40. The first kappa shape index (κ1) is 47.5. The van der Waals surface area contributed by atoms with E-state index in [1.165, 1.54) is 0 Å². The van der Waals surface area contributed by atoms with Crippen molar-refractivity contribution in [2.45, 2.75) is 187 Å². The van der Waals surface area contributed by atoms with E-state index >= 15 is 0 Å². The SMILES string of the molecule is CN(CCCN(CC(CCCCCC(=O)O)O[Si](C)(C)C(C)(C)C)CC(CCCCCC(=O)O)O[Si](C)(C)C(C)(C)C)C(=O)OC(C)(C)C. The molecule has 2 atom stereocenters. The zero-order chi connectivity index (χ0) is 38.3. The van der Waals surface area contributed by atoms with Crippen LogP contribution in [0.3, 0.4) is 0 Å². The number of hydrogen-bond acceptors (Lipinski definition) is 7. The van der Waals surface area contributed by atoms with Gasteiger partial charge < -0.3 is 28.7 Å². The predicted molar refractivity (Wildman–Crippen MR) is 206 cm³/mol. The Kier molecular flexibility index (Phi) is 20.5. The molecule has 49 heavy (non-hydrogen) atoms. The summed E-state index contributed by atoms with van der Waals surface area (Å²) in [5.74, 6) is -1.51. The number of aliphatic carboxylic acids is 2. The minimum atomic E-state index is -2.11. The van der Waals surface area contributed by atoms with Crippen molar-refractivity contribution < 1.29 is 38.2 Å². The van der Waals surface area contributed by atoms with Crippen LogP contribution in [0.15, 0.2) is 0 Å². The number of nitrogens with zero attached hydrogens (tertiary/aromatic N) is 2. The van der Waals surface area contributed by atoms with Crippen LogP contribution < -0.4 is 0 Å². The molecule has 0 radical (unpaired) electrons. The lowest BCUT2D eigenvalue weighted by Crippen LogP contribution is -2.50. The maximum absolute atomic E-state index is 12.7. The van der Waals surface area contributed by atoms with Crippen molar-refractivity contribution in [3.8, 4) is 0 Å². The second-order valence-corrected chi connectivity index (χ2v) is 27.5. The van der Waals surface area contributed by atoms with Crippen LogP contribution in [-0.2, 0) is 23.2 Å². The fraction of sp³-hybridized carbons (Fsp3) is 0.919. The van der Waals surface area contributed by atoms with Gasteiger partial charge in [-0.2, -0.15) is 0 Å². The largest absolute Gasteiger partial charge is 0.481 e. The highest BCUT2D eigenvalue weighted by Gasteiger charge is 2.41. The van der Waals surface area contributed by atoms with Crippen molar-refractivity contribution in [3.63, 3.8) is 0 Å². The summed E-state index contributed by atoms with van der Waals surface area (Å²) >= 11 is 0. The Bertz CT molecular complexity index is 928. The van der Waals surface area contributed by atoms with Gasteiger partial charge >= 0.3 is 18.0 Å². The fourth-order valence-corrected chi connectivity index (χ4v) is 7.77. The van der Waals surface area contributed by atoms with E-state index in [9.17, 15) is 14.4 Å². The summed E-state index contributed by atoms with van der Waals surface area (Å²) in [5.41, 5.74) is -0.561. The molecule has 0 saturated heterocycles. The molecular formula is C37H76N2O8Si2. The number of carboxylic acids is 2. The monoisotopic (exact) mass is 733 g/mol. The van der Waals surface area contributed by atoms with E-state index in [0.29, 0.717) is 19.4 Å². The van der Waals surface area contributed by atoms with Crippen LogP contribution >= 0.6 is 0 Å². The molecule has 0 saturated carbocycles. The molecule has 0 heterocycles. The van der Waals surface area contributed by atoms with Crippen molar-refractivity contribution in [1.82, 2.24) is 9.80 Å². The molecule has 12 heteroatoms. The van der Waals surface area contributed by atoms with Gasteiger partial charge in [0.1, 0.15) is 5.60 Å². The van der Waals surface area contributed by atoms with Crippen molar-refractivity contribution in [3.05, 3.63) is 0 Å². The Balaban J connectivity index is 6.26. The molecule has 0 aliphatic rings. The highest BCUT2D eigenvalue weighted by atomic mass is 28.4. The van der Waals surface area contributed by atoms with Gasteiger partial charge in [-0.15, -0.1) is 0 Å². The second-order valence-electron chi connectivity index (χ2n) is 18.0. The Morgan fingerprint density at radius 3 is 1.33 bits per heavy atom. The van der Waals surface area contributed by atoms with Gasteiger partial charge in [-0.05, 0) is 89.1 Å². The van der Waals surface area contributed by atoms with Gasteiger partial charge in [-0.3, -0.25) is 14.5 Å². The van der Waals surface area contributed by atoms with E-state index in [-0.39, 0.29) is 41.2 Å². The normalized spacial score (nSPS) is 14.5. The average Bonchev–Trinajstić information content (AvgIpc) is 2.89. The van der Waals surface area contributed by atoms with Gasteiger partial charge in [-0.25, -0.2) is 4.79 Å². The molecule has 0 spiro atoms. The molecular weight excluding hydrogens is 657 g/mol. The third kappa shape index (κ3) is 21.5. The van der Waals surface area contributed by atoms with E-state index < -0.39 is 34.2 Å². The smallest absolute Gasteiger partial charge is 0.410 e. The zero-order valence-electron chi connectivity index (χ0n) is 34.0. The molecule has 0 aliphatic heterocycles. The lowest BCUT2D eigenvalue weighted by Gasteiger charge is -2.43. The molecule has 2 unspecified atom stereocenters. The molecule has 0 aromatic carbocycles. The van der Waals surface area contributed by atoms with Gasteiger partial charge in [0.05, 0.1) is 12.2 Å². The second kappa shape index (κ2) is 21.1. The minimum Gasteiger partial charge on any atom is -0.481 e. The summed E-state index contributed by atoms with van der Waals surface area (Å²) in [6, 6.07) is 0. The van der Waals surface area contributed by atoms with E-state index in [4.69, 9.17) is 23.8 Å². The number of carboxylic acid groups (broad SMARTS) is 2. The van der Waals surface area contributed by atoms with Gasteiger partial charge in [0.2, 0.25) is 0 Å². The van der Waals surface area contributed by atoms with Crippen LogP contribution in [-0.4, -0.2) is 106 Å². The van der Waals surface area contributed by atoms with E-state index in [1.54, 1.807) is 11.9 Å². The van der Waals surface area contributed by atoms with Gasteiger partial charge in [0, 0.05) is 46.1 Å². The molecule has 0 aromatic rings. The third-order valence-corrected chi connectivity index (χ3v) is 19.0. The van der Waals surface area contributed by atoms with Gasteiger partial charge in [0.25, 0.3) is 0 Å². The van der Waals surface area contributed by atoms with E-state index in [1.807, 2.05) is 20.8 Å². The quantitative estimate of drug-likeness (QED) is 0.0737. The summed E-state index contributed by atoms with van der Waals surface area (Å²) in [5, 5.41) is 18.3. The summed E-state index contributed by atoms with van der Waals surface area (Å²) in [4.78, 5) is 39.0. The maximum Gasteiger partial charge on any atom is 0.410 e. The Morgan fingerprint density at radius 2 is 1.00 bits per heavy atom. The highest BCUT2D eigenvalue weighted by molar-refractivity contribution is 6.74. The maximum atomic E-state index is 12.7. The van der Waals surface area contributed by atoms with Crippen LogP contribution in [0.5, 0.6) is 0 Å². The fourth-order valence-electron chi connectivity index (χ4n) is 5.01. The first-order valence-corrected chi connectivity index (χ1v) is 24.4. The van der Waals surface area contributed by atoms with Crippen LogP contribution in [0.4, 0.5) is 4.79 Å². The number of hydrogen-bond donors (Lipinski definition) is 2. The Hall–Kier alpha value is -1.48. The molecule has 2 N–H and O–H groups in total. The Labute approximate surface area is 302 Å². The van der Waals surface area contributed by atoms with E-state index in [0.717, 1.165) is 64.6 Å². The molecule has 10 nitrogen and oxygen atoms in total. The highest BCUT2D eigenvalue weighted by Crippen LogP contribution is 2.39. The molecule has 0 bridgehead atoms. The molecule has 0 aromatic heterocycles. The topological polar surface area (TPSA) is 126 Å². The average molecular weight is 733 g/mol. The number of amides is 1. The van der Waals surface area contributed by atoms with Crippen molar-refractivity contribution in [2.24, 2.45) is 0 Å². The third-order valence-electron chi connectivity index (χ3n) is 9.97. The lowest BCUT2D eigenvalue weighted by molar-refractivity contribution is -0.138. The number of carbonyl (C=O) groups excluding carboxylic acids is 1. The molecule has 0 rings (SSSR count).